The van der Waals surface area contributed by atoms with Gasteiger partial charge in [-0.05, 0) is 12.1 Å². The number of ether oxygens (including phenoxy) is 3. The van der Waals surface area contributed by atoms with E-state index in [1.165, 1.54) is 21.3 Å². The third kappa shape index (κ3) is 4.36. The van der Waals surface area contributed by atoms with Gasteiger partial charge in [-0.3, -0.25) is 9.69 Å². The zero-order valence-corrected chi connectivity index (χ0v) is 16.7. The van der Waals surface area contributed by atoms with Crippen molar-refractivity contribution in [3.05, 3.63) is 29.5 Å². The van der Waals surface area contributed by atoms with Crippen molar-refractivity contribution in [3.63, 3.8) is 0 Å². The quantitative estimate of drug-likeness (QED) is 0.701. The van der Waals surface area contributed by atoms with Gasteiger partial charge in [-0.15, -0.1) is 10.2 Å². The molecule has 0 N–H and O–H groups in total. The van der Waals surface area contributed by atoms with Gasteiger partial charge >= 0.3 is 0 Å². The number of methoxy groups -OCH3 is 3. The van der Waals surface area contributed by atoms with E-state index < -0.39 is 0 Å². The molecule has 1 saturated heterocycles. The van der Waals surface area contributed by atoms with Crippen LogP contribution in [-0.2, 0) is 6.42 Å². The summed E-state index contributed by atoms with van der Waals surface area (Å²) in [6.07, 6.45) is 0.710. The number of aromatic nitrogens is 2. The number of aryl methyl sites for hydroxylation is 1. The summed E-state index contributed by atoms with van der Waals surface area (Å²) in [7, 11) is 4.61. The second-order valence-electron chi connectivity index (χ2n) is 6.51. The lowest BCUT2D eigenvalue weighted by atomic mass is 10.1. The SMILES string of the molecule is COc1cc(C(=O)N2CCN(CCc3nnc(C)o3)CC2)cc(OC)c1OC. The first kappa shape index (κ1) is 19.9. The second kappa shape index (κ2) is 8.92. The number of piperazine rings is 1. The molecule has 2 aromatic rings. The predicted molar refractivity (Wildman–Crippen MR) is 101 cm³/mol. The van der Waals surface area contributed by atoms with Crippen LogP contribution in [0, 0.1) is 6.92 Å². The minimum Gasteiger partial charge on any atom is -0.493 e. The highest BCUT2D eigenvalue weighted by Gasteiger charge is 2.25. The fourth-order valence-corrected chi connectivity index (χ4v) is 3.25. The van der Waals surface area contributed by atoms with E-state index in [0.717, 1.165) is 19.6 Å². The van der Waals surface area contributed by atoms with Crippen LogP contribution in [0.15, 0.2) is 16.5 Å². The highest BCUT2D eigenvalue weighted by Crippen LogP contribution is 2.38. The van der Waals surface area contributed by atoms with E-state index in [1.54, 1.807) is 19.1 Å². The molecule has 1 aliphatic heterocycles. The van der Waals surface area contributed by atoms with Crippen LogP contribution in [0.25, 0.3) is 0 Å². The standard InChI is InChI=1S/C19H26N4O5/c1-13-20-21-17(28-13)5-6-22-7-9-23(10-8-22)19(24)14-11-15(25-2)18(27-4)16(12-14)26-3/h11-12H,5-10H2,1-4H3. The van der Waals surface area contributed by atoms with Crippen LogP contribution in [0.3, 0.4) is 0 Å². The maximum absolute atomic E-state index is 12.9. The van der Waals surface area contributed by atoms with Gasteiger partial charge < -0.3 is 23.5 Å². The van der Waals surface area contributed by atoms with Crippen molar-refractivity contribution in [1.29, 1.82) is 0 Å². The molecule has 1 fully saturated rings. The van der Waals surface area contributed by atoms with Gasteiger partial charge in [-0.2, -0.15) is 0 Å². The molecule has 1 amide bonds. The van der Waals surface area contributed by atoms with Gasteiger partial charge in [0.2, 0.25) is 17.5 Å². The van der Waals surface area contributed by atoms with Crippen molar-refractivity contribution in [2.45, 2.75) is 13.3 Å². The average Bonchev–Trinajstić information content (AvgIpc) is 3.16. The molecule has 0 spiro atoms. The molecule has 1 aliphatic rings. The summed E-state index contributed by atoms with van der Waals surface area (Å²) in [4.78, 5) is 17.1. The molecule has 152 valence electrons. The summed E-state index contributed by atoms with van der Waals surface area (Å²) >= 11 is 0. The monoisotopic (exact) mass is 390 g/mol. The van der Waals surface area contributed by atoms with Gasteiger partial charge in [0.15, 0.2) is 11.5 Å². The van der Waals surface area contributed by atoms with E-state index in [0.29, 0.717) is 54.1 Å². The Morgan fingerprint density at radius 2 is 1.68 bits per heavy atom. The fourth-order valence-electron chi connectivity index (χ4n) is 3.25. The molecule has 0 aliphatic carbocycles. The van der Waals surface area contributed by atoms with Crippen molar-refractivity contribution in [2.24, 2.45) is 0 Å². The van der Waals surface area contributed by atoms with Crippen LogP contribution in [0.4, 0.5) is 0 Å². The van der Waals surface area contributed by atoms with Crippen LogP contribution < -0.4 is 14.2 Å². The number of rotatable bonds is 7. The number of carbonyl (C=O) groups is 1. The Hall–Kier alpha value is -2.81. The molecule has 28 heavy (non-hydrogen) atoms. The van der Waals surface area contributed by atoms with Crippen molar-refractivity contribution < 1.29 is 23.4 Å². The molecule has 3 rings (SSSR count). The third-order valence-electron chi connectivity index (χ3n) is 4.78. The van der Waals surface area contributed by atoms with Crippen LogP contribution in [0.1, 0.15) is 22.1 Å². The lowest BCUT2D eigenvalue weighted by molar-refractivity contribution is 0.0635. The molecule has 1 aromatic heterocycles. The van der Waals surface area contributed by atoms with Gasteiger partial charge in [0.25, 0.3) is 5.91 Å². The second-order valence-corrected chi connectivity index (χ2v) is 6.51. The topological polar surface area (TPSA) is 90.2 Å². The molecule has 0 unspecified atom stereocenters. The van der Waals surface area contributed by atoms with E-state index in [1.807, 2.05) is 4.90 Å². The fraction of sp³-hybridized carbons (Fsp3) is 0.526. The maximum Gasteiger partial charge on any atom is 0.254 e. The van der Waals surface area contributed by atoms with E-state index in [9.17, 15) is 4.79 Å². The molecular weight excluding hydrogens is 364 g/mol. The molecule has 9 heteroatoms. The smallest absolute Gasteiger partial charge is 0.254 e. The molecule has 2 heterocycles. The van der Waals surface area contributed by atoms with Crippen molar-refractivity contribution in [3.8, 4) is 17.2 Å². The Morgan fingerprint density at radius 1 is 1.04 bits per heavy atom. The summed E-state index contributed by atoms with van der Waals surface area (Å²) in [6, 6.07) is 3.38. The Morgan fingerprint density at radius 3 is 2.18 bits per heavy atom. The van der Waals surface area contributed by atoms with Crippen LogP contribution in [0.2, 0.25) is 0 Å². The molecular formula is C19H26N4O5. The Bertz CT molecular complexity index is 789. The van der Waals surface area contributed by atoms with Crippen molar-refractivity contribution in [1.82, 2.24) is 20.0 Å². The largest absolute Gasteiger partial charge is 0.493 e. The van der Waals surface area contributed by atoms with Gasteiger partial charge in [-0.1, -0.05) is 0 Å². The Labute approximate surface area is 164 Å². The van der Waals surface area contributed by atoms with E-state index in [-0.39, 0.29) is 5.91 Å². The van der Waals surface area contributed by atoms with Gasteiger partial charge in [-0.25, -0.2) is 0 Å². The Balaban J connectivity index is 1.60. The van der Waals surface area contributed by atoms with E-state index >= 15 is 0 Å². The number of benzene rings is 1. The zero-order chi connectivity index (χ0) is 20.1. The van der Waals surface area contributed by atoms with E-state index in [4.69, 9.17) is 18.6 Å². The molecule has 9 nitrogen and oxygen atoms in total. The number of hydrogen-bond acceptors (Lipinski definition) is 8. The molecule has 0 atom stereocenters. The van der Waals surface area contributed by atoms with Crippen LogP contribution >= 0.6 is 0 Å². The first-order chi connectivity index (χ1) is 13.5. The average molecular weight is 390 g/mol. The van der Waals surface area contributed by atoms with Crippen LogP contribution in [0.5, 0.6) is 17.2 Å². The first-order valence-electron chi connectivity index (χ1n) is 9.16. The number of hydrogen-bond donors (Lipinski definition) is 0. The molecule has 1 aromatic carbocycles. The highest BCUT2D eigenvalue weighted by atomic mass is 16.5. The summed E-state index contributed by atoms with van der Waals surface area (Å²) < 4.78 is 21.4. The summed E-state index contributed by atoms with van der Waals surface area (Å²) in [6.45, 7) is 5.50. The number of amides is 1. The highest BCUT2D eigenvalue weighted by molar-refractivity contribution is 5.95. The molecule has 0 bridgehead atoms. The number of nitrogens with zero attached hydrogens (tertiary/aromatic N) is 4. The van der Waals surface area contributed by atoms with Crippen molar-refractivity contribution >= 4 is 5.91 Å². The maximum atomic E-state index is 12.9. The number of carbonyl (C=O) groups excluding carboxylic acids is 1. The summed E-state index contributed by atoms with van der Waals surface area (Å²) in [5.41, 5.74) is 0.518. The normalized spacial score (nSPS) is 14.8. The van der Waals surface area contributed by atoms with Crippen LogP contribution in [-0.4, -0.2) is 80.0 Å². The minimum atomic E-state index is -0.0496. The summed E-state index contributed by atoms with van der Waals surface area (Å²) in [5, 5.41) is 7.86. The van der Waals surface area contributed by atoms with Gasteiger partial charge in [0.05, 0.1) is 21.3 Å². The molecule has 0 saturated carbocycles. The van der Waals surface area contributed by atoms with Gasteiger partial charge in [0, 0.05) is 51.6 Å². The van der Waals surface area contributed by atoms with Crippen molar-refractivity contribution in [2.75, 3.05) is 54.1 Å². The third-order valence-corrected chi connectivity index (χ3v) is 4.78. The molecule has 0 radical (unpaired) electrons. The minimum absolute atomic E-state index is 0.0496. The lowest BCUT2D eigenvalue weighted by Crippen LogP contribution is -2.49. The Kier molecular flexibility index (Phi) is 6.35. The van der Waals surface area contributed by atoms with E-state index in [2.05, 4.69) is 15.1 Å². The zero-order valence-electron chi connectivity index (χ0n) is 16.7. The predicted octanol–water partition coefficient (Wildman–Crippen LogP) is 1.40. The lowest BCUT2D eigenvalue weighted by Gasteiger charge is -2.34. The summed E-state index contributed by atoms with van der Waals surface area (Å²) in [5.74, 6) is 2.59. The van der Waals surface area contributed by atoms with Gasteiger partial charge in [0.1, 0.15) is 0 Å². The first-order valence-corrected chi connectivity index (χ1v) is 9.16.